The first kappa shape index (κ1) is 17.9. The summed E-state index contributed by atoms with van der Waals surface area (Å²) in [6.45, 7) is 3.01. The van der Waals surface area contributed by atoms with E-state index < -0.39 is 0 Å². The van der Waals surface area contributed by atoms with E-state index in [9.17, 15) is 5.26 Å². The van der Waals surface area contributed by atoms with Gasteiger partial charge in [-0.3, -0.25) is 0 Å². The molecule has 0 unspecified atom stereocenters. The van der Waals surface area contributed by atoms with Gasteiger partial charge in [-0.2, -0.15) is 5.26 Å². The molecule has 0 spiro atoms. The molecule has 4 nitrogen and oxygen atoms in total. The molecule has 0 amide bonds. The lowest BCUT2D eigenvalue weighted by Crippen LogP contribution is -2.13. The molecule has 0 aliphatic heterocycles. The number of benzene rings is 2. The molecule has 3 rings (SSSR count). The topological polar surface area (TPSA) is 64.0 Å². The highest BCUT2D eigenvalue weighted by atomic mass is 35.5. The zero-order valence-electron chi connectivity index (χ0n) is 14.6. The number of aromatic nitrogens is 1. The van der Waals surface area contributed by atoms with Gasteiger partial charge in [0.05, 0.1) is 12.2 Å². The molecular formula is C21H20ClN3O. The van der Waals surface area contributed by atoms with Crippen molar-refractivity contribution in [3.63, 3.8) is 0 Å². The van der Waals surface area contributed by atoms with E-state index in [1.807, 2.05) is 60.0 Å². The molecule has 3 aromatic rings. The van der Waals surface area contributed by atoms with Crippen LogP contribution in [0.3, 0.4) is 0 Å². The van der Waals surface area contributed by atoms with Gasteiger partial charge in [0, 0.05) is 17.1 Å². The van der Waals surface area contributed by atoms with Crippen LogP contribution in [-0.2, 0) is 13.0 Å². The normalized spacial score (nSPS) is 10.5. The molecule has 0 aliphatic rings. The Bertz CT molecular complexity index is 956. The molecule has 0 fully saturated rings. The Labute approximate surface area is 158 Å². The van der Waals surface area contributed by atoms with Crippen molar-refractivity contribution in [2.75, 3.05) is 12.3 Å². The van der Waals surface area contributed by atoms with E-state index in [2.05, 4.69) is 6.07 Å². The number of hydrogen-bond acceptors (Lipinski definition) is 3. The molecule has 2 aromatic carbocycles. The van der Waals surface area contributed by atoms with Crippen molar-refractivity contribution in [2.45, 2.75) is 19.9 Å². The maximum atomic E-state index is 9.44. The van der Waals surface area contributed by atoms with Crippen LogP contribution < -0.4 is 10.5 Å². The van der Waals surface area contributed by atoms with Gasteiger partial charge in [-0.05, 0) is 42.3 Å². The van der Waals surface area contributed by atoms with E-state index >= 15 is 0 Å². The number of para-hydroxylation sites is 1. The Balaban J connectivity index is 1.79. The molecule has 0 saturated heterocycles. The van der Waals surface area contributed by atoms with E-state index in [1.54, 1.807) is 6.07 Å². The van der Waals surface area contributed by atoms with Crippen LogP contribution in [0, 0.1) is 18.3 Å². The number of nitrogen functional groups attached to an aromatic ring is 1. The lowest BCUT2D eigenvalue weighted by molar-refractivity contribution is 0.295. The van der Waals surface area contributed by atoms with Gasteiger partial charge in [-0.1, -0.05) is 41.9 Å². The van der Waals surface area contributed by atoms with Crippen LogP contribution in [0.2, 0.25) is 5.02 Å². The summed E-state index contributed by atoms with van der Waals surface area (Å²) in [5, 5.41) is 10.1. The third-order valence-corrected chi connectivity index (χ3v) is 4.52. The summed E-state index contributed by atoms with van der Waals surface area (Å²) in [6, 6.07) is 19.5. The Hall–Kier alpha value is -2.90. The van der Waals surface area contributed by atoms with Crippen molar-refractivity contribution >= 4 is 17.3 Å². The Kier molecular flexibility index (Phi) is 5.50. The number of aryl methyl sites for hydroxylation is 1. The molecule has 26 heavy (non-hydrogen) atoms. The van der Waals surface area contributed by atoms with Gasteiger partial charge in [-0.15, -0.1) is 0 Å². The Morgan fingerprint density at radius 2 is 1.96 bits per heavy atom. The minimum atomic E-state index is 0.455. The second-order valence-electron chi connectivity index (χ2n) is 6.12. The first-order valence-corrected chi connectivity index (χ1v) is 8.77. The molecule has 2 N–H and O–H groups in total. The number of halogens is 1. The number of anilines is 1. The quantitative estimate of drug-likeness (QED) is 0.695. The van der Waals surface area contributed by atoms with Gasteiger partial charge < -0.3 is 15.0 Å². The highest BCUT2D eigenvalue weighted by molar-refractivity contribution is 6.30. The van der Waals surface area contributed by atoms with Crippen molar-refractivity contribution in [1.29, 1.82) is 5.26 Å². The molecule has 0 radical (unpaired) electrons. The highest BCUT2D eigenvalue weighted by Gasteiger charge is 2.14. The first-order valence-electron chi connectivity index (χ1n) is 8.39. The van der Waals surface area contributed by atoms with Crippen LogP contribution >= 0.6 is 11.6 Å². The van der Waals surface area contributed by atoms with Gasteiger partial charge in [0.2, 0.25) is 0 Å². The van der Waals surface area contributed by atoms with Gasteiger partial charge in [0.15, 0.2) is 0 Å². The van der Waals surface area contributed by atoms with Gasteiger partial charge in [0.25, 0.3) is 0 Å². The highest BCUT2D eigenvalue weighted by Crippen LogP contribution is 2.23. The summed E-state index contributed by atoms with van der Waals surface area (Å²) in [5.41, 5.74) is 10.3. The summed E-state index contributed by atoms with van der Waals surface area (Å²) in [7, 11) is 0. The van der Waals surface area contributed by atoms with Crippen LogP contribution in [0.5, 0.6) is 5.75 Å². The number of rotatable bonds is 6. The fourth-order valence-electron chi connectivity index (χ4n) is 2.96. The van der Waals surface area contributed by atoms with Gasteiger partial charge >= 0.3 is 0 Å². The molecule has 1 heterocycles. The molecule has 1 aromatic heterocycles. The number of hydrogen-bond donors (Lipinski definition) is 1. The zero-order valence-corrected chi connectivity index (χ0v) is 15.3. The number of nitrogens with two attached hydrogens (primary N) is 1. The molecule has 0 bridgehead atoms. The zero-order chi connectivity index (χ0) is 18.5. The number of nitrogens with zero attached hydrogens (tertiary/aromatic N) is 2. The second-order valence-corrected chi connectivity index (χ2v) is 6.55. The molecule has 0 aliphatic carbocycles. The minimum Gasteiger partial charge on any atom is -0.491 e. The summed E-state index contributed by atoms with van der Waals surface area (Å²) in [5.74, 6) is 0.850. The standard InChI is InChI=1S/C21H20ClN3O/c1-15-5-2-3-8-21(15)26-10-9-25-18(14-23)13-19(24)20(25)12-16-6-4-7-17(22)11-16/h2-8,11,13H,9-10,12,24H2,1H3. The van der Waals surface area contributed by atoms with Crippen molar-refractivity contribution < 1.29 is 4.74 Å². The molecule has 132 valence electrons. The molecular weight excluding hydrogens is 346 g/mol. The predicted octanol–water partition coefficient (Wildman–Crippen LogP) is 4.57. The fourth-order valence-corrected chi connectivity index (χ4v) is 3.17. The Morgan fingerprint density at radius 3 is 2.69 bits per heavy atom. The predicted molar refractivity (Wildman–Crippen MR) is 104 cm³/mol. The van der Waals surface area contributed by atoms with E-state index in [1.165, 1.54) is 0 Å². The van der Waals surface area contributed by atoms with Crippen LogP contribution in [0.4, 0.5) is 5.69 Å². The lowest BCUT2D eigenvalue weighted by atomic mass is 10.1. The van der Waals surface area contributed by atoms with Crippen molar-refractivity contribution in [3.05, 3.63) is 82.1 Å². The monoisotopic (exact) mass is 365 g/mol. The van der Waals surface area contributed by atoms with Crippen molar-refractivity contribution in [3.8, 4) is 11.8 Å². The summed E-state index contributed by atoms with van der Waals surface area (Å²) in [6.07, 6.45) is 0.610. The average molecular weight is 366 g/mol. The summed E-state index contributed by atoms with van der Waals surface area (Å²) >= 11 is 6.08. The van der Waals surface area contributed by atoms with Crippen LogP contribution in [0.25, 0.3) is 0 Å². The van der Waals surface area contributed by atoms with Gasteiger partial charge in [0.1, 0.15) is 24.1 Å². The smallest absolute Gasteiger partial charge is 0.122 e. The van der Waals surface area contributed by atoms with Crippen molar-refractivity contribution in [1.82, 2.24) is 4.57 Å². The minimum absolute atomic E-state index is 0.455. The first-order chi connectivity index (χ1) is 12.6. The van der Waals surface area contributed by atoms with Crippen molar-refractivity contribution in [2.24, 2.45) is 0 Å². The summed E-state index contributed by atoms with van der Waals surface area (Å²) in [4.78, 5) is 0. The molecule has 5 heteroatoms. The number of nitriles is 1. The van der Waals surface area contributed by atoms with E-state index in [-0.39, 0.29) is 0 Å². The second kappa shape index (κ2) is 7.99. The largest absolute Gasteiger partial charge is 0.491 e. The van der Waals surface area contributed by atoms with E-state index in [4.69, 9.17) is 22.1 Å². The maximum absolute atomic E-state index is 9.44. The molecule has 0 saturated carbocycles. The third-order valence-electron chi connectivity index (χ3n) is 4.28. The van der Waals surface area contributed by atoms with E-state index in [0.717, 1.165) is 22.6 Å². The van der Waals surface area contributed by atoms with Gasteiger partial charge in [-0.25, -0.2) is 0 Å². The molecule has 0 atom stereocenters. The average Bonchev–Trinajstić information content (AvgIpc) is 2.92. The van der Waals surface area contributed by atoms with Crippen LogP contribution in [-0.4, -0.2) is 11.2 Å². The van der Waals surface area contributed by atoms with E-state index in [0.29, 0.717) is 36.0 Å². The third kappa shape index (κ3) is 4.01. The lowest BCUT2D eigenvalue weighted by Gasteiger charge is -2.14. The summed E-state index contributed by atoms with van der Waals surface area (Å²) < 4.78 is 7.81. The fraction of sp³-hybridized carbons (Fsp3) is 0.190. The SMILES string of the molecule is Cc1ccccc1OCCn1c(C#N)cc(N)c1Cc1cccc(Cl)c1. The Morgan fingerprint density at radius 1 is 1.15 bits per heavy atom. The number of ether oxygens (including phenoxy) is 1. The van der Waals surface area contributed by atoms with Crippen LogP contribution in [0.1, 0.15) is 22.5 Å². The maximum Gasteiger partial charge on any atom is 0.122 e. The van der Waals surface area contributed by atoms with Crippen LogP contribution in [0.15, 0.2) is 54.6 Å².